The van der Waals surface area contributed by atoms with Gasteiger partial charge in [-0.15, -0.1) is 0 Å². The fraction of sp³-hybridized carbons (Fsp3) is 0.600. The minimum atomic E-state index is 0.127. The summed E-state index contributed by atoms with van der Waals surface area (Å²) in [6, 6.07) is 0. The molecule has 1 N–H and O–H groups in total. The average molecular weight is 161 g/mol. The molecule has 0 atom stereocenters. The van der Waals surface area contributed by atoms with E-state index in [0.29, 0.717) is 5.06 Å². The highest BCUT2D eigenvalue weighted by atomic mass is 16.9. The summed E-state index contributed by atoms with van der Waals surface area (Å²) in [7, 11) is 4.01. The van der Waals surface area contributed by atoms with Crippen molar-refractivity contribution in [3.63, 3.8) is 0 Å². The van der Waals surface area contributed by atoms with Crippen LogP contribution in [0.15, 0.2) is 12.0 Å². The molecular formula is C5H11N3O3-2. The summed E-state index contributed by atoms with van der Waals surface area (Å²) in [6.45, 7) is 0. The lowest BCUT2D eigenvalue weighted by molar-refractivity contribution is -0.0455. The van der Waals surface area contributed by atoms with Crippen molar-refractivity contribution in [3.8, 4) is 0 Å². The molecule has 0 aromatic heterocycles. The SMILES string of the molecule is CN/C(=C/N([O-])OC)N(C)[O-]. The van der Waals surface area contributed by atoms with Crippen molar-refractivity contribution in [2.75, 3.05) is 21.2 Å². The maximum Gasteiger partial charge on any atom is 0.108 e. The molecular weight excluding hydrogens is 150 g/mol. The van der Waals surface area contributed by atoms with Crippen molar-refractivity contribution < 1.29 is 4.84 Å². The second kappa shape index (κ2) is 4.78. The summed E-state index contributed by atoms with van der Waals surface area (Å²) in [4.78, 5) is 4.23. The molecule has 0 aliphatic heterocycles. The van der Waals surface area contributed by atoms with Crippen LogP contribution in [0.3, 0.4) is 0 Å². The van der Waals surface area contributed by atoms with Gasteiger partial charge in [-0.05, 0) is 7.05 Å². The highest BCUT2D eigenvalue weighted by Gasteiger charge is 1.89. The number of hydrogen-bond acceptors (Lipinski definition) is 6. The zero-order chi connectivity index (χ0) is 8.85. The van der Waals surface area contributed by atoms with E-state index in [2.05, 4.69) is 10.2 Å². The van der Waals surface area contributed by atoms with Crippen molar-refractivity contribution in [1.82, 2.24) is 15.6 Å². The highest BCUT2D eigenvalue weighted by molar-refractivity contribution is 4.95. The van der Waals surface area contributed by atoms with Gasteiger partial charge in [-0.2, -0.15) is 0 Å². The van der Waals surface area contributed by atoms with Crippen LogP contribution in [-0.2, 0) is 4.84 Å². The third kappa shape index (κ3) is 3.66. The van der Waals surface area contributed by atoms with Crippen molar-refractivity contribution in [1.29, 1.82) is 0 Å². The standard InChI is InChI=1S/C5H11N3O3/c1-6-5(7(2)9)4-8(10)11-3/h4,6H,1-3H3/q-2/b5-4-. The molecule has 66 valence electrons. The minimum absolute atomic E-state index is 0.127. The van der Waals surface area contributed by atoms with Gasteiger partial charge in [0.1, 0.15) is 5.82 Å². The van der Waals surface area contributed by atoms with Gasteiger partial charge in [-0.1, -0.05) is 0 Å². The van der Waals surface area contributed by atoms with E-state index in [0.717, 1.165) is 6.20 Å². The first-order valence-corrected chi connectivity index (χ1v) is 2.92. The van der Waals surface area contributed by atoms with Crippen molar-refractivity contribution in [2.24, 2.45) is 0 Å². The van der Waals surface area contributed by atoms with E-state index in [1.54, 1.807) is 0 Å². The van der Waals surface area contributed by atoms with Crippen LogP contribution in [0.4, 0.5) is 0 Å². The van der Waals surface area contributed by atoms with Crippen LogP contribution in [0.2, 0.25) is 0 Å². The van der Waals surface area contributed by atoms with Crippen molar-refractivity contribution in [3.05, 3.63) is 22.4 Å². The second-order valence-electron chi connectivity index (χ2n) is 1.73. The Morgan fingerprint density at radius 3 is 2.36 bits per heavy atom. The molecule has 0 amide bonds. The molecule has 0 fully saturated rings. The van der Waals surface area contributed by atoms with Crippen LogP contribution in [0.5, 0.6) is 0 Å². The first-order valence-electron chi connectivity index (χ1n) is 2.92. The van der Waals surface area contributed by atoms with E-state index in [1.165, 1.54) is 21.2 Å². The Morgan fingerprint density at radius 1 is 1.55 bits per heavy atom. The molecule has 0 saturated heterocycles. The summed E-state index contributed by atoms with van der Waals surface area (Å²) in [6.07, 6.45) is 0.993. The maximum absolute atomic E-state index is 10.6. The molecule has 0 aromatic rings. The van der Waals surface area contributed by atoms with E-state index in [1.807, 2.05) is 0 Å². The Kier molecular flexibility index (Phi) is 4.35. The Labute approximate surface area is 65.1 Å². The molecule has 6 heteroatoms. The van der Waals surface area contributed by atoms with E-state index < -0.39 is 0 Å². The van der Waals surface area contributed by atoms with E-state index in [-0.39, 0.29) is 11.0 Å². The third-order valence-electron chi connectivity index (χ3n) is 1.00. The number of hydrogen-bond donors (Lipinski definition) is 1. The summed E-state index contributed by atoms with van der Waals surface area (Å²) in [5.74, 6) is 0.127. The first-order chi connectivity index (χ1) is 5.11. The topological polar surface area (TPSA) is 73.9 Å². The predicted octanol–water partition coefficient (Wildman–Crippen LogP) is -0.204. The van der Waals surface area contributed by atoms with Gasteiger partial charge in [-0.25, -0.2) is 0 Å². The van der Waals surface area contributed by atoms with Crippen LogP contribution in [0, 0.1) is 10.4 Å². The number of nitrogens with one attached hydrogen (secondary N) is 1. The van der Waals surface area contributed by atoms with Gasteiger partial charge in [0.15, 0.2) is 0 Å². The molecule has 0 heterocycles. The third-order valence-corrected chi connectivity index (χ3v) is 1.00. The molecule has 6 nitrogen and oxygen atoms in total. The zero-order valence-corrected chi connectivity index (χ0v) is 6.70. The number of rotatable bonds is 4. The van der Waals surface area contributed by atoms with Gasteiger partial charge < -0.3 is 26.0 Å². The normalized spacial score (nSPS) is 11.2. The van der Waals surface area contributed by atoms with Gasteiger partial charge in [-0.3, -0.25) is 4.84 Å². The van der Waals surface area contributed by atoms with Crippen LogP contribution in [0.25, 0.3) is 0 Å². The van der Waals surface area contributed by atoms with E-state index in [9.17, 15) is 10.4 Å². The smallest absolute Gasteiger partial charge is 0.108 e. The van der Waals surface area contributed by atoms with Crippen molar-refractivity contribution >= 4 is 0 Å². The lowest BCUT2D eigenvalue weighted by Gasteiger charge is -2.31. The fourth-order valence-corrected chi connectivity index (χ4v) is 0.456. The van der Waals surface area contributed by atoms with Gasteiger partial charge in [0.25, 0.3) is 0 Å². The van der Waals surface area contributed by atoms with Crippen LogP contribution in [0.1, 0.15) is 0 Å². The Morgan fingerprint density at radius 2 is 2.09 bits per heavy atom. The molecule has 0 unspecified atom stereocenters. The molecule has 0 bridgehead atoms. The largest absolute Gasteiger partial charge is 0.757 e. The summed E-state index contributed by atoms with van der Waals surface area (Å²) in [5.41, 5.74) is 0. The Hall–Kier alpha value is -0.980. The summed E-state index contributed by atoms with van der Waals surface area (Å²) in [5, 5.41) is 24.3. The van der Waals surface area contributed by atoms with Crippen molar-refractivity contribution in [2.45, 2.75) is 0 Å². The lowest BCUT2D eigenvalue weighted by Crippen LogP contribution is -2.23. The second-order valence-corrected chi connectivity index (χ2v) is 1.73. The highest BCUT2D eigenvalue weighted by Crippen LogP contribution is 1.96. The molecule has 0 spiro atoms. The molecule has 0 radical (unpaired) electrons. The first kappa shape index (κ1) is 10.0. The average Bonchev–Trinajstić information content (AvgIpc) is 1.99. The van der Waals surface area contributed by atoms with Gasteiger partial charge in [0.05, 0.1) is 13.3 Å². The molecule has 0 aromatic carbocycles. The van der Waals surface area contributed by atoms with E-state index >= 15 is 0 Å². The maximum atomic E-state index is 10.6. The van der Waals surface area contributed by atoms with Gasteiger partial charge in [0.2, 0.25) is 0 Å². The molecule has 0 aliphatic rings. The Bertz CT molecular complexity index is 137. The Balaban J connectivity index is 4.10. The fourth-order valence-electron chi connectivity index (χ4n) is 0.456. The quantitative estimate of drug-likeness (QED) is 0.575. The zero-order valence-electron chi connectivity index (χ0n) is 6.70. The van der Waals surface area contributed by atoms with Crippen LogP contribution < -0.4 is 5.32 Å². The van der Waals surface area contributed by atoms with Crippen LogP contribution in [-0.4, -0.2) is 31.5 Å². The number of nitrogens with zero attached hydrogens (tertiary/aromatic N) is 2. The van der Waals surface area contributed by atoms with Gasteiger partial charge in [0, 0.05) is 7.05 Å². The lowest BCUT2D eigenvalue weighted by atomic mass is 10.7. The summed E-state index contributed by atoms with van der Waals surface area (Å²) < 4.78 is 0. The minimum Gasteiger partial charge on any atom is -0.757 e. The summed E-state index contributed by atoms with van der Waals surface area (Å²) >= 11 is 0. The molecule has 0 saturated carbocycles. The van der Waals surface area contributed by atoms with Crippen LogP contribution >= 0.6 is 0 Å². The van der Waals surface area contributed by atoms with Gasteiger partial charge >= 0.3 is 0 Å². The molecule has 0 aliphatic carbocycles. The monoisotopic (exact) mass is 161 g/mol. The predicted molar refractivity (Wildman–Crippen MR) is 40.5 cm³/mol. The molecule has 11 heavy (non-hydrogen) atoms. The molecule has 0 rings (SSSR count). The number of hydroxylamine groups is 4. The van der Waals surface area contributed by atoms with E-state index in [4.69, 9.17) is 0 Å².